The summed E-state index contributed by atoms with van der Waals surface area (Å²) < 4.78 is 16.6. The molecule has 166 valence electrons. The summed E-state index contributed by atoms with van der Waals surface area (Å²) in [6.45, 7) is 1.03. The Morgan fingerprint density at radius 2 is 1.85 bits per heavy atom. The normalized spacial score (nSPS) is 11.9. The molecule has 3 aromatic carbocycles. The van der Waals surface area contributed by atoms with Gasteiger partial charge in [-0.2, -0.15) is 0 Å². The van der Waals surface area contributed by atoms with E-state index < -0.39 is 0 Å². The Kier molecular flexibility index (Phi) is 6.15. The van der Waals surface area contributed by atoms with Crippen LogP contribution in [0.3, 0.4) is 0 Å². The van der Waals surface area contributed by atoms with E-state index in [9.17, 15) is 4.79 Å². The van der Waals surface area contributed by atoms with E-state index in [-0.39, 0.29) is 12.7 Å². The van der Waals surface area contributed by atoms with Gasteiger partial charge in [-0.25, -0.2) is 4.98 Å². The highest BCUT2D eigenvalue weighted by Crippen LogP contribution is 2.32. The number of hydrogen-bond acceptors (Lipinski definition) is 6. The highest BCUT2D eigenvalue weighted by molar-refractivity contribution is 7.13. The van der Waals surface area contributed by atoms with E-state index in [0.29, 0.717) is 35.4 Å². The fourth-order valence-electron chi connectivity index (χ4n) is 3.30. The van der Waals surface area contributed by atoms with Gasteiger partial charge in [0.05, 0.1) is 0 Å². The number of ether oxygens (including phenoxy) is 3. The summed E-state index contributed by atoms with van der Waals surface area (Å²) in [5.41, 5.74) is 3.22. The predicted molar refractivity (Wildman–Crippen MR) is 127 cm³/mol. The number of benzene rings is 3. The molecule has 1 N–H and O–H groups in total. The van der Waals surface area contributed by atoms with Gasteiger partial charge in [0.1, 0.15) is 23.1 Å². The second-order valence-electron chi connectivity index (χ2n) is 7.35. The Morgan fingerprint density at radius 1 is 1.03 bits per heavy atom. The van der Waals surface area contributed by atoms with Crippen LogP contribution in [0.4, 0.5) is 0 Å². The molecule has 5 rings (SSSR count). The minimum Gasteiger partial charge on any atom is -0.489 e. The van der Waals surface area contributed by atoms with Crippen LogP contribution in [0.15, 0.2) is 72.1 Å². The number of nitrogens with one attached hydrogen (secondary N) is 1. The summed E-state index contributed by atoms with van der Waals surface area (Å²) in [4.78, 5) is 17.1. The van der Waals surface area contributed by atoms with Gasteiger partial charge in [-0.1, -0.05) is 41.9 Å². The molecule has 1 aliphatic rings. The molecule has 0 spiro atoms. The van der Waals surface area contributed by atoms with Crippen molar-refractivity contribution in [3.05, 3.63) is 94.0 Å². The molecule has 0 aliphatic carbocycles. The van der Waals surface area contributed by atoms with Crippen LogP contribution in [0.25, 0.3) is 10.6 Å². The van der Waals surface area contributed by atoms with E-state index in [1.54, 1.807) is 5.38 Å². The number of amides is 1. The summed E-state index contributed by atoms with van der Waals surface area (Å²) in [6.07, 6.45) is 0. The van der Waals surface area contributed by atoms with Gasteiger partial charge < -0.3 is 19.5 Å². The molecule has 33 heavy (non-hydrogen) atoms. The van der Waals surface area contributed by atoms with Crippen molar-refractivity contribution in [2.75, 3.05) is 6.79 Å². The van der Waals surface area contributed by atoms with Crippen LogP contribution in [0, 0.1) is 0 Å². The van der Waals surface area contributed by atoms with Crippen molar-refractivity contribution < 1.29 is 19.0 Å². The predicted octanol–water partition coefficient (Wildman–Crippen LogP) is 5.70. The second-order valence-corrected chi connectivity index (χ2v) is 8.65. The fourth-order valence-corrected chi connectivity index (χ4v) is 4.22. The van der Waals surface area contributed by atoms with Gasteiger partial charge in [0, 0.05) is 22.5 Å². The molecule has 1 aliphatic heterocycles. The number of carbonyl (C=O) groups is 1. The molecule has 8 heteroatoms. The second kappa shape index (κ2) is 9.52. The summed E-state index contributed by atoms with van der Waals surface area (Å²) in [5.74, 6) is 1.90. The van der Waals surface area contributed by atoms with E-state index in [1.807, 2.05) is 66.7 Å². The number of fused-ring (bicyclic) bond motifs is 1. The molecular weight excluding hydrogens is 460 g/mol. The average molecular weight is 479 g/mol. The molecule has 0 saturated carbocycles. The van der Waals surface area contributed by atoms with Gasteiger partial charge in [-0.05, 0) is 47.5 Å². The van der Waals surface area contributed by atoms with Crippen LogP contribution in [0.2, 0.25) is 5.02 Å². The standard InChI is InChI=1S/C25H19ClN2O4S/c26-19-7-4-16(5-8-19)13-30-20-3-1-2-18(11-20)25-28-21(14-33-25)24(29)27-12-17-6-9-22-23(10-17)32-15-31-22/h1-11,14H,12-13,15H2,(H,27,29). The van der Waals surface area contributed by atoms with E-state index in [0.717, 1.165) is 27.4 Å². The minimum atomic E-state index is -0.231. The quantitative estimate of drug-likeness (QED) is 0.369. The lowest BCUT2D eigenvalue weighted by Gasteiger charge is -2.07. The number of carbonyl (C=O) groups excluding carboxylic acids is 1. The topological polar surface area (TPSA) is 69.7 Å². The third kappa shape index (κ3) is 5.10. The maximum Gasteiger partial charge on any atom is 0.271 e. The molecule has 2 heterocycles. The third-order valence-electron chi connectivity index (χ3n) is 5.03. The van der Waals surface area contributed by atoms with Crippen LogP contribution in [0.5, 0.6) is 17.2 Å². The van der Waals surface area contributed by atoms with E-state index >= 15 is 0 Å². The number of aromatic nitrogens is 1. The number of thiazole rings is 1. The van der Waals surface area contributed by atoms with Gasteiger partial charge in [0.25, 0.3) is 5.91 Å². The van der Waals surface area contributed by atoms with Crippen molar-refractivity contribution in [2.45, 2.75) is 13.2 Å². The molecule has 0 fully saturated rings. The van der Waals surface area contributed by atoms with E-state index in [2.05, 4.69) is 10.3 Å². The lowest BCUT2D eigenvalue weighted by Crippen LogP contribution is -2.23. The van der Waals surface area contributed by atoms with Gasteiger partial charge in [0.15, 0.2) is 11.5 Å². The van der Waals surface area contributed by atoms with Crippen molar-refractivity contribution in [1.29, 1.82) is 0 Å². The zero-order valence-electron chi connectivity index (χ0n) is 17.4. The number of hydrogen-bond donors (Lipinski definition) is 1. The fraction of sp³-hybridized carbons (Fsp3) is 0.120. The van der Waals surface area contributed by atoms with Crippen LogP contribution in [-0.4, -0.2) is 17.7 Å². The highest BCUT2D eigenvalue weighted by Gasteiger charge is 2.15. The maximum atomic E-state index is 12.6. The largest absolute Gasteiger partial charge is 0.489 e. The van der Waals surface area contributed by atoms with E-state index in [4.69, 9.17) is 25.8 Å². The summed E-state index contributed by atoms with van der Waals surface area (Å²) in [6, 6.07) is 20.8. The molecule has 1 amide bonds. The molecule has 0 bridgehead atoms. The van der Waals surface area contributed by atoms with Gasteiger partial charge in [-0.15, -0.1) is 11.3 Å². The zero-order valence-corrected chi connectivity index (χ0v) is 19.0. The van der Waals surface area contributed by atoms with Gasteiger partial charge >= 0.3 is 0 Å². The Hall–Kier alpha value is -3.55. The van der Waals surface area contributed by atoms with Crippen LogP contribution in [0.1, 0.15) is 21.6 Å². The first-order valence-electron chi connectivity index (χ1n) is 10.2. The van der Waals surface area contributed by atoms with Crippen molar-refractivity contribution in [2.24, 2.45) is 0 Å². The number of rotatable bonds is 7. The lowest BCUT2D eigenvalue weighted by molar-refractivity contribution is 0.0946. The molecule has 0 radical (unpaired) electrons. The Labute approximate surface area is 199 Å². The van der Waals surface area contributed by atoms with Gasteiger partial charge in [-0.3, -0.25) is 4.79 Å². The van der Waals surface area contributed by atoms with Crippen molar-refractivity contribution in [1.82, 2.24) is 10.3 Å². The first-order valence-corrected chi connectivity index (χ1v) is 11.5. The zero-order chi connectivity index (χ0) is 22.6. The molecule has 1 aromatic heterocycles. The molecular formula is C25H19ClN2O4S. The van der Waals surface area contributed by atoms with Gasteiger partial charge in [0.2, 0.25) is 6.79 Å². The first-order chi connectivity index (χ1) is 16.1. The molecule has 0 saturated heterocycles. The van der Waals surface area contributed by atoms with Crippen LogP contribution >= 0.6 is 22.9 Å². The Balaban J connectivity index is 1.21. The monoisotopic (exact) mass is 478 g/mol. The molecule has 4 aromatic rings. The summed E-state index contributed by atoms with van der Waals surface area (Å²) in [5, 5.41) is 6.10. The smallest absolute Gasteiger partial charge is 0.271 e. The SMILES string of the molecule is O=C(NCc1ccc2c(c1)OCO2)c1csc(-c2cccc(OCc3ccc(Cl)cc3)c2)n1. The summed E-state index contributed by atoms with van der Waals surface area (Å²) >= 11 is 7.34. The number of nitrogens with zero attached hydrogens (tertiary/aromatic N) is 1. The van der Waals surface area contributed by atoms with Crippen LogP contribution in [-0.2, 0) is 13.2 Å². The molecule has 6 nitrogen and oxygen atoms in total. The third-order valence-corrected chi connectivity index (χ3v) is 6.17. The van der Waals surface area contributed by atoms with Crippen molar-refractivity contribution >= 4 is 28.8 Å². The van der Waals surface area contributed by atoms with E-state index in [1.165, 1.54) is 11.3 Å². The maximum absolute atomic E-state index is 12.6. The van der Waals surface area contributed by atoms with Crippen LogP contribution < -0.4 is 19.5 Å². The Bertz CT molecular complexity index is 1290. The average Bonchev–Trinajstić information content (AvgIpc) is 3.52. The summed E-state index contributed by atoms with van der Waals surface area (Å²) in [7, 11) is 0. The van der Waals surface area contributed by atoms with Crippen molar-refractivity contribution in [3.63, 3.8) is 0 Å². The molecule has 0 unspecified atom stereocenters. The highest BCUT2D eigenvalue weighted by atomic mass is 35.5. The lowest BCUT2D eigenvalue weighted by atomic mass is 10.2. The van der Waals surface area contributed by atoms with Crippen molar-refractivity contribution in [3.8, 4) is 27.8 Å². The Morgan fingerprint density at radius 3 is 2.73 bits per heavy atom. The minimum absolute atomic E-state index is 0.222. The number of halogens is 1. The first kappa shape index (κ1) is 21.3. The molecule has 0 atom stereocenters.